The molecule has 1 aliphatic rings. The lowest BCUT2D eigenvalue weighted by molar-refractivity contribution is -0.225. The van der Waals surface area contributed by atoms with Gasteiger partial charge in [-0.2, -0.15) is 18.3 Å². The van der Waals surface area contributed by atoms with Crippen molar-refractivity contribution in [2.24, 2.45) is 5.10 Å². The molecule has 0 unspecified atom stereocenters. The van der Waals surface area contributed by atoms with E-state index in [0.717, 1.165) is 12.1 Å². The first-order valence-electron chi connectivity index (χ1n) is 8.10. The van der Waals surface area contributed by atoms with E-state index in [-0.39, 0.29) is 5.11 Å². The number of hydrogen-bond acceptors (Lipinski definition) is 6. The third kappa shape index (κ3) is 5.59. The van der Waals surface area contributed by atoms with Crippen LogP contribution in [0, 0.1) is 0 Å². The van der Waals surface area contributed by atoms with Gasteiger partial charge in [0.2, 0.25) is 0 Å². The minimum atomic E-state index is -4.41. The van der Waals surface area contributed by atoms with Gasteiger partial charge in [-0.1, -0.05) is 19.1 Å². The summed E-state index contributed by atoms with van der Waals surface area (Å²) in [5.41, 5.74) is 2.08. The minimum absolute atomic E-state index is 0.0411. The molecule has 0 saturated carbocycles. The highest BCUT2D eigenvalue weighted by Gasteiger charge is 2.43. The Bertz CT molecular complexity index is 670. The highest BCUT2D eigenvalue weighted by Crippen LogP contribution is 2.28. The standard InChI is InChI=1S/C16H20F3N3O4S/c1-2-10-11(23)12(24)13(25)14(26-10)21-15(27)22-20-7-8-3-5-9(6-4-8)16(17,18)19/h3-7,10-14,23-25H,2H2,1H3,(H2,21,22,27)/b20-7+/t10-,11-,12+,13-,14-/m1/s1. The van der Waals surface area contributed by atoms with Crippen molar-refractivity contribution in [3.8, 4) is 0 Å². The van der Waals surface area contributed by atoms with Gasteiger partial charge in [0.25, 0.3) is 0 Å². The lowest BCUT2D eigenvalue weighted by Gasteiger charge is -2.40. The zero-order valence-electron chi connectivity index (χ0n) is 14.2. The number of alkyl halides is 3. The van der Waals surface area contributed by atoms with Gasteiger partial charge in [-0.15, -0.1) is 0 Å². The topological polar surface area (TPSA) is 106 Å². The van der Waals surface area contributed by atoms with Crippen molar-refractivity contribution < 1.29 is 33.2 Å². The molecule has 0 aliphatic carbocycles. The Morgan fingerprint density at radius 2 is 1.81 bits per heavy atom. The average molecular weight is 407 g/mol. The fourth-order valence-electron chi connectivity index (χ4n) is 2.49. The van der Waals surface area contributed by atoms with Crippen LogP contribution in [0.3, 0.4) is 0 Å². The van der Waals surface area contributed by atoms with E-state index < -0.39 is 42.4 Å². The Hall–Kier alpha value is -1.79. The molecule has 0 amide bonds. The van der Waals surface area contributed by atoms with Crippen molar-refractivity contribution in [3.63, 3.8) is 0 Å². The number of benzene rings is 1. The lowest BCUT2D eigenvalue weighted by Crippen LogP contribution is -2.62. The van der Waals surface area contributed by atoms with E-state index in [1.807, 2.05) is 0 Å². The maximum Gasteiger partial charge on any atom is 0.416 e. The Morgan fingerprint density at radius 1 is 1.19 bits per heavy atom. The van der Waals surface area contributed by atoms with Crippen LogP contribution < -0.4 is 10.7 Å². The van der Waals surface area contributed by atoms with E-state index in [1.54, 1.807) is 6.92 Å². The monoisotopic (exact) mass is 407 g/mol. The van der Waals surface area contributed by atoms with Gasteiger partial charge >= 0.3 is 6.18 Å². The van der Waals surface area contributed by atoms with Crippen LogP contribution >= 0.6 is 12.2 Å². The number of thiocarbonyl (C=S) groups is 1. The summed E-state index contributed by atoms with van der Waals surface area (Å²) in [4.78, 5) is 0. The van der Waals surface area contributed by atoms with E-state index in [4.69, 9.17) is 17.0 Å². The number of ether oxygens (including phenoxy) is 1. The van der Waals surface area contributed by atoms with Gasteiger partial charge < -0.3 is 25.4 Å². The number of nitrogens with zero attached hydrogens (tertiary/aromatic N) is 1. The summed E-state index contributed by atoms with van der Waals surface area (Å²) in [5.74, 6) is 0. The van der Waals surface area contributed by atoms with Crippen molar-refractivity contribution in [1.29, 1.82) is 0 Å². The maximum absolute atomic E-state index is 12.5. The fraction of sp³-hybridized carbons (Fsp3) is 0.500. The molecule has 0 radical (unpaired) electrons. The van der Waals surface area contributed by atoms with Crippen molar-refractivity contribution in [1.82, 2.24) is 10.7 Å². The van der Waals surface area contributed by atoms with Crippen LogP contribution in [0.2, 0.25) is 0 Å². The number of aliphatic hydroxyl groups is 3. The number of rotatable bonds is 4. The van der Waals surface area contributed by atoms with Gasteiger partial charge in [0.15, 0.2) is 11.3 Å². The zero-order chi connectivity index (χ0) is 20.2. The van der Waals surface area contributed by atoms with Gasteiger partial charge in [0, 0.05) is 0 Å². The Kier molecular flexibility index (Phi) is 7.12. The minimum Gasteiger partial charge on any atom is -0.388 e. The second-order valence-corrected chi connectivity index (χ2v) is 6.35. The highest BCUT2D eigenvalue weighted by atomic mass is 32.1. The molecule has 1 aromatic rings. The van der Waals surface area contributed by atoms with Crippen LogP contribution in [0.25, 0.3) is 0 Å². The molecule has 1 heterocycles. The molecule has 1 saturated heterocycles. The summed E-state index contributed by atoms with van der Waals surface area (Å²) >= 11 is 5.00. The molecule has 5 N–H and O–H groups in total. The zero-order valence-corrected chi connectivity index (χ0v) is 15.0. The summed E-state index contributed by atoms with van der Waals surface area (Å²) in [6.07, 6.45) is -8.51. The number of aliphatic hydroxyl groups excluding tert-OH is 3. The van der Waals surface area contributed by atoms with Gasteiger partial charge in [-0.25, -0.2) is 0 Å². The first kappa shape index (κ1) is 21.5. The molecule has 27 heavy (non-hydrogen) atoms. The third-order valence-electron chi connectivity index (χ3n) is 4.01. The molecule has 5 atom stereocenters. The molecular formula is C16H20F3N3O4S. The molecular weight excluding hydrogens is 387 g/mol. The molecule has 150 valence electrons. The van der Waals surface area contributed by atoms with Gasteiger partial charge in [-0.3, -0.25) is 5.43 Å². The molecule has 1 fully saturated rings. The van der Waals surface area contributed by atoms with Gasteiger partial charge in [-0.05, 0) is 36.3 Å². The van der Waals surface area contributed by atoms with Crippen LogP contribution in [-0.2, 0) is 10.9 Å². The summed E-state index contributed by atoms with van der Waals surface area (Å²) in [7, 11) is 0. The maximum atomic E-state index is 12.5. The summed E-state index contributed by atoms with van der Waals surface area (Å²) < 4.78 is 43.0. The summed E-state index contributed by atoms with van der Waals surface area (Å²) in [6.45, 7) is 1.75. The summed E-state index contributed by atoms with van der Waals surface area (Å²) in [6, 6.07) is 4.37. The van der Waals surface area contributed by atoms with Gasteiger partial charge in [0.05, 0.1) is 17.9 Å². The molecule has 0 bridgehead atoms. The second kappa shape index (κ2) is 8.93. The van der Waals surface area contributed by atoms with Crippen LogP contribution in [0.1, 0.15) is 24.5 Å². The fourth-order valence-corrected chi connectivity index (χ4v) is 2.66. The Balaban J connectivity index is 1.89. The van der Waals surface area contributed by atoms with Crippen LogP contribution in [0.4, 0.5) is 13.2 Å². The normalized spacial score (nSPS) is 28.9. The number of hydrogen-bond donors (Lipinski definition) is 5. The molecule has 11 heteroatoms. The molecule has 1 aromatic carbocycles. The van der Waals surface area contributed by atoms with Crippen LogP contribution in [-0.4, -0.2) is 57.3 Å². The molecule has 7 nitrogen and oxygen atoms in total. The van der Waals surface area contributed by atoms with Crippen LogP contribution in [0.5, 0.6) is 0 Å². The van der Waals surface area contributed by atoms with Crippen molar-refractivity contribution in [2.75, 3.05) is 0 Å². The lowest BCUT2D eigenvalue weighted by atomic mass is 9.96. The number of halogens is 3. The first-order valence-corrected chi connectivity index (χ1v) is 8.50. The van der Waals surface area contributed by atoms with E-state index in [9.17, 15) is 28.5 Å². The van der Waals surface area contributed by atoms with Gasteiger partial charge in [0.1, 0.15) is 18.3 Å². The van der Waals surface area contributed by atoms with Crippen molar-refractivity contribution in [3.05, 3.63) is 35.4 Å². The van der Waals surface area contributed by atoms with E-state index >= 15 is 0 Å². The van der Waals surface area contributed by atoms with E-state index in [2.05, 4.69) is 15.8 Å². The molecule has 0 spiro atoms. The molecule has 1 aliphatic heterocycles. The Labute approximate surface area is 158 Å². The van der Waals surface area contributed by atoms with Crippen molar-refractivity contribution >= 4 is 23.5 Å². The van der Waals surface area contributed by atoms with E-state index in [1.165, 1.54) is 18.3 Å². The molecule has 0 aromatic heterocycles. The van der Waals surface area contributed by atoms with Crippen molar-refractivity contribution in [2.45, 2.75) is 50.2 Å². The second-order valence-electron chi connectivity index (χ2n) is 5.94. The first-order chi connectivity index (χ1) is 12.6. The smallest absolute Gasteiger partial charge is 0.388 e. The predicted octanol–water partition coefficient (Wildman–Crippen LogP) is 0.721. The average Bonchev–Trinajstić information content (AvgIpc) is 2.62. The summed E-state index contributed by atoms with van der Waals surface area (Å²) in [5, 5.41) is 35.9. The predicted molar refractivity (Wildman–Crippen MR) is 94.9 cm³/mol. The van der Waals surface area contributed by atoms with Crippen LogP contribution in [0.15, 0.2) is 29.4 Å². The quantitative estimate of drug-likeness (QED) is 0.285. The SMILES string of the molecule is CC[C@H]1O[C@@H](NC(=S)N/N=C/c2ccc(C(F)(F)F)cc2)[C@H](O)[C@@H](O)[C@@H]1O. The highest BCUT2D eigenvalue weighted by molar-refractivity contribution is 7.80. The molecule has 2 rings (SSSR count). The van der Waals surface area contributed by atoms with E-state index in [0.29, 0.717) is 12.0 Å². The number of hydrazone groups is 1. The largest absolute Gasteiger partial charge is 0.416 e. The third-order valence-corrected chi connectivity index (χ3v) is 4.21. The number of nitrogens with one attached hydrogen (secondary N) is 2. The Morgan fingerprint density at radius 3 is 2.37 bits per heavy atom.